The predicted molar refractivity (Wildman–Crippen MR) is 81.2 cm³/mol. The van der Waals surface area contributed by atoms with Gasteiger partial charge in [0.05, 0.1) is 5.39 Å². The van der Waals surface area contributed by atoms with Gasteiger partial charge in [0.15, 0.2) is 0 Å². The zero-order valence-electron chi connectivity index (χ0n) is 11.5. The highest BCUT2D eigenvalue weighted by atomic mass is 15.2. The Morgan fingerprint density at radius 2 is 2.00 bits per heavy atom. The van der Waals surface area contributed by atoms with Gasteiger partial charge < -0.3 is 15.2 Å². The van der Waals surface area contributed by atoms with Gasteiger partial charge in [0.1, 0.15) is 17.8 Å². The Morgan fingerprint density at radius 1 is 1.15 bits per heavy atom. The number of fused-ring (bicyclic) bond motifs is 3. The summed E-state index contributed by atoms with van der Waals surface area (Å²) in [7, 11) is 0. The second kappa shape index (κ2) is 4.45. The van der Waals surface area contributed by atoms with E-state index >= 15 is 0 Å². The summed E-state index contributed by atoms with van der Waals surface area (Å²) in [5.74, 6) is 1.05. The van der Waals surface area contributed by atoms with Crippen LogP contribution in [0.3, 0.4) is 0 Å². The van der Waals surface area contributed by atoms with E-state index in [1.54, 1.807) is 6.33 Å². The predicted octanol–water partition coefficient (Wildman–Crippen LogP) is 1.83. The van der Waals surface area contributed by atoms with Gasteiger partial charge in [-0.2, -0.15) is 0 Å². The van der Waals surface area contributed by atoms with Crippen molar-refractivity contribution in [3.8, 4) is 0 Å². The normalized spacial score (nSPS) is 16.1. The molecule has 1 aromatic carbocycles. The van der Waals surface area contributed by atoms with E-state index in [0.29, 0.717) is 0 Å². The fourth-order valence-corrected chi connectivity index (χ4v) is 2.94. The maximum atomic E-state index is 4.55. The molecule has 0 bridgehead atoms. The zero-order chi connectivity index (χ0) is 13.5. The first kappa shape index (κ1) is 11.7. The van der Waals surface area contributed by atoms with E-state index in [1.807, 2.05) is 0 Å². The smallest absolute Gasteiger partial charge is 0.143 e. The highest BCUT2D eigenvalue weighted by Gasteiger charge is 2.18. The van der Waals surface area contributed by atoms with Crippen LogP contribution in [0.2, 0.25) is 0 Å². The molecule has 0 spiro atoms. The van der Waals surface area contributed by atoms with Crippen molar-refractivity contribution < 1.29 is 0 Å². The minimum absolute atomic E-state index is 0.925. The van der Waals surface area contributed by atoms with Crippen LogP contribution < -0.4 is 10.2 Å². The summed E-state index contributed by atoms with van der Waals surface area (Å²) in [6.07, 6.45) is 1.65. The number of aryl methyl sites for hydroxylation is 1. The summed E-state index contributed by atoms with van der Waals surface area (Å²) >= 11 is 0. The maximum Gasteiger partial charge on any atom is 0.143 e. The van der Waals surface area contributed by atoms with Gasteiger partial charge in [0.25, 0.3) is 0 Å². The number of aromatic amines is 1. The number of hydrogen-bond acceptors (Lipinski definition) is 4. The van der Waals surface area contributed by atoms with Crippen LogP contribution in [0.5, 0.6) is 0 Å². The summed E-state index contributed by atoms with van der Waals surface area (Å²) < 4.78 is 0. The number of aromatic nitrogens is 3. The molecular formula is C15H17N5. The monoisotopic (exact) mass is 267 g/mol. The lowest BCUT2D eigenvalue weighted by molar-refractivity contribution is 0.586. The van der Waals surface area contributed by atoms with Crippen LogP contribution in [0.4, 0.5) is 5.82 Å². The Hall–Kier alpha value is -2.14. The molecule has 0 saturated carbocycles. The highest BCUT2D eigenvalue weighted by molar-refractivity contribution is 6.11. The minimum atomic E-state index is 0.925. The lowest BCUT2D eigenvalue weighted by Gasteiger charge is -2.28. The Labute approximate surface area is 117 Å². The molecule has 0 unspecified atom stereocenters. The summed E-state index contributed by atoms with van der Waals surface area (Å²) in [4.78, 5) is 14.7. The summed E-state index contributed by atoms with van der Waals surface area (Å²) in [6, 6.07) is 6.45. The topological polar surface area (TPSA) is 56.8 Å². The van der Waals surface area contributed by atoms with Crippen molar-refractivity contribution in [1.82, 2.24) is 20.3 Å². The molecule has 5 heteroatoms. The molecule has 3 heterocycles. The highest BCUT2D eigenvalue weighted by Crippen LogP contribution is 2.31. The molecule has 3 aromatic rings. The molecule has 0 radical (unpaired) electrons. The molecule has 0 aliphatic carbocycles. The second-order valence-corrected chi connectivity index (χ2v) is 5.33. The molecule has 1 saturated heterocycles. The number of piperazine rings is 1. The Morgan fingerprint density at radius 3 is 2.85 bits per heavy atom. The van der Waals surface area contributed by atoms with E-state index in [2.05, 4.69) is 50.3 Å². The van der Waals surface area contributed by atoms with Crippen molar-refractivity contribution >= 4 is 27.8 Å². The fourth-order valence-electron chi connectivity index (χ4n) is 2.94. The van der Waals surface area contributed by atoms with E-state index in [9.17, 15) is 0 Å². The first-order valence-electron chi connectivity index (χ1n) is 7.01. The van der Waals surface area contributed by atoms with Gasteiger partial charge in [-0.15, -0.1) is 0 Å². The molecule has 2 aromatic heterocycles. The molecule has 0 atom stereocenters. The molecule has 1 fully saturated rings. The van der Waals surface area contributed by atoms with E-state index in [-0.39, 0.29) is 0 Å². The SMILES string of the molecule is Cc1ccc2[nH]c3ncnc(N4CCNCC4)c3c2c1. The molecule has 20 heavy (non-hydrogen) atoms. The van der Waals surface area contributed by atoms with Crippen LogP contribution >= 0.6 is 0 Å². The van der Waals surface area contributed by atoms with Crippen molar-refractivity contribution in [1.29, 1.82) is 0 Å². The molecular weight excluding hydrogens is 250 g/mol. The summed E-state index contributed by atoms with van der Waals surface area (Å²) in [6.45, 7) is 6.11. The van der Waals surface area contributed by atoms with Gasteiger partial charge in [0, 0.05) is 37.1 Å². The largest absolute Gasteiger partial charge is 0.353 e. The van der Waals surface area contributed by atoms with Crippen LogP contribution in [0.15, 0.2) is 24.5 Å². The summed E-state index contributed by atoms with van der Waals surface area (Å²) in [5.41, 5.74) is 3.31. The van der Waals surface area contributed by atoms with Gasteiger partial charge >= 0.3 is 0 Å². The quantitative estimate of drug-likeness (QED) is 0.706. The average Bonchev–Trinajstić information content (AvgIpc) is 2.86. The molecule has 1 aliphatic rings. The number of H-pyrrole nitrogens is 1. The molecule has 102 valence electrons. The van der Waals surface area contributed by atoms with Gasteiger partial charge in [-0.25, -0.2) is 9.97 Å². The number of nitrogens with one attached hydrogen (secondary N) is 2. The molecule has 0 amide bonds. The maximum absolute atomic E-state index is 4.55. The standard InChI is InChI=1S/C15H17N5/c1-10-2-3-12-11(8-10)13-14(19-12)17-9-18-15(13)20-6-4-16-5-7-20/h2-3,8-9,16H,4-7H2,1H3,(H,17,18,19). The Balaban J connectivity index is 1.99. The zero-order valence-corrected chi connectivity index (χ0v) is 11.5. The van der Waals surface area contributed by atoms with Crippen LogP contribution in [0, 0.1) is 6.92 Å². The average molecular weight is 267 g/mol. The lowest BCUT2D eigenvalue weighted by atomic mass is 10.1. The van der Waals surface area contributed by atoms with Crippen molar-refractivity contribution in [2.24, 2.45) is 0 Å². The third kappa shape index (κ3) is 1.74. The van der Waals surface area contributed by atoms with E-state index in [4.69, 9.17) is 0 Å². The number of benzene rings is 1. The van der Waals surface area contributed by atoms with Crippen molar-refractivity contribution in [3.63, 3.8) is 0 Å². The van der Waals surface area contributed by atoms with Crippen molar-refractivity contribution in [2.75, 3.05) is 31.1 Å². The third-order valence-corrected chi connectivity index (χ3v) is 3.94. The van der Waals surface area contributed by atoms with Crippen molar-refractivity contribution in [3.05, 3.63) is 30.1 Å². The second-order valence-electron chi connectivity index (χ2n) is 5.33. The number of hydrogen-bond donors (Lipinski definition) is 2. The third-order valence-electron chi connectivity index (χ3n) is 3.94. The fraction of sp³-hybridized carbons (Fsp3) is 0.333. The van der Waals surface area contributed by atoms with Gasteiger partial charge in [-0.1, -0.05) is 11.6 Å². The van der Waals surface area contributed by atoms with Crippen molar-refractivity contribution in [2.45, 2.75) is 6.92 Å². The Kier molecular flexibility index (Phi) is 2.60. The van der Waals surface area contributed by atoms with Crippen LogP contribution in [-0.4, -0.2) is 41.1 Å². The summed E-state index contributed by atoms with van der Waals surface area (Å²) in [5, 5.41) is 5.74. The van der Waals surface area contributed by atoms with E-state index in [1.165, 1.54) is 10.9 Å². The molecule has 1 aliphatic heterocycles. The molecule has 4 rings (SSSR count). The number of anilines is 1. The Bertz CT molecular complexity index is 770. The van der Waals surface area contributed by atoms with E-state index < -0.39 is 0 Å². The lowest BCUT2D eigenvalue weighted by Crippen LogP contribution is -2.44. The van der Waals surface area contributed by atoms with Gasteiger partial charge in [-0.3, -0.25) is 0 Å². The number of rotatable bonds is 1. The molecule has 2 N–H and O–H groups in total. The van der Waals surface area contributed by atoms with Gasteiger partial charge in [-0.05, 0) is 19.1 Å². The minimum Gasteiger partial charge on any atom is -0.353 e. The first-order valence-corrected chi connectivity index (χ1v) is 7.01. The van der Waals surface area contributed by atoms with Crippen LogP contribution in [-0.2, 0) is 0 Å². The van der Waals surface area contributed by atoms with Gasteiger partial charge in [0.2, 0.25) is 0 Å². The van der Waals surface area contributed by atoms with E-state index in [0.717, 1.165) is 48.5 Å². The van der Waals surface area contributed by atoms with Crippen LogP contribution in [0.25, 0.3) is 21.9 Å². The van der Waals surface area contributed by atoms with Crippen LogP contribution in [0.1, 0.15) is 5.56 Å². The number of nitrogens with zero attached hydrogens (tertiary/aromatic N) is 3. The molecule has 5 nitrogen and oxygen atoms in total. The first-order chi connectivity index (χ1) is 9.83.